The Kier molecular flexibility index (Phi) is 7.60. The third kappa shape index (κ3) is 5.63. The van der Waals surface area contributed by atoms with Gasteiger partial charge in [-0.2, -0.15) is 0 Å². The zero-order valence-electron chi connectivity index (χ0n) is 18.5. The number of nitrogens with zero attached hydrogens (tertiary/aromatic N) is 1. The number of hydrogen-bond acceptors (Lipinski definition) is 7. The van der Waals surface area contributed by atoms with Gasteiger partial charge in [0, 0.05) is 17.0 Å². The Hall–Kier alpha value is -2.82. The maximum absolute atomic E-state index is 13.0. The molecule has 2 heterocycles. The van der Waals surface area contributed by atoms with Crippen LogP contribution < -0.4 is 14.4 Å². The first-order valence-electron chi connectivity index (χ1n) is 10.8. The molecule has 1 unspecified atom stereocenters. The number of unbranched alkanes of at least 4 members (excludes halogenated alkanes) is 1. The molecular formula is C24H24N2O5S3. The summed E-state index contributed by atoms with van der Waals surface area (Å²) < 4.78 is 33.1. The minimum absolute atomic E-state index is 0.102. The summed E-state index contributed by atoms with van der Waals surface area (Å²) >= 11 is 2.43. The molecule has 0 saturated carbocycles. The Morgan fingerprint density at radius 3 is 2.47 bits per heavy atom. The summed E-state index contributed by atoms with van der Waals surface area (Å²) in [7, 11) is -3.62. The number of thioether (sulfide) groups is 1. The van der Waals surface area contributed by atoms with Crippen molar-refractivity contribution in [2.75, 3.05) is 16.2 Å². The number of ether oxygens (including phenoxy) is 1. The number of carbonyl (C=O) groups excluding carboxylic acids is 2. The number of benzene rings is 2. The van der Waals surface area contributed by atoms with Gasteiger partial charge in [0.05, 0.1) is 17.5 Å². The van der Waals surface area contributed by atoms with E-state index in [0.29, 0.717) is 23.7 Å². The van der Waals surface area contributed by atoms with E-state index in [-0.39, 0.29) is 22.4 Å². The predicted molar refractivity (Wildman–Crippen MR) is 135 cm³/mol. The van der Waals surface area contributed by atoms with E-state index in [2.05, 4.69) is 11.6 Å². The maximum atomic E-state index is 13.0. The largest absolute Gasteiger partial charge is 0.494 e. The molecule has 10 heteroatoms. The third-order valence-corrected chi connectivity index (χ3v) is 9.09. The van der Waals surface area contributed by atoms with Crippen LogP contribution in [0.3, 0.4) is 0 Å². The lowest BCUT2D eigenvalue weighted by atomic mass is 10.2. The van der Waals surface area contributed by atoms with Crippen molar-refractivity contribution in [3.05, 3.63) is 66.0 Å². The highest BCUT2D eigenvalue weighted by atomic mass is 32.2. The second kappa shape index (κ2) is 10.6. The number of nitrogens with one attached hydrogen (secondary N) is 1. The molecule has 1 atom stereocenters. The van der Waals surface area contributed by atoms with Gasteiger partial charge in [-0.25, -0.2) is 13.3 Å². The number of thiophene rings is 1. The Morgan fingerprint density at radius 2 is 1.82 bits per heavy atom. The second-order valence-corrected chi connectivity index (χ2v) is 11.8. The lowest BCUT2D eigenvalue weighted by Gasteiger charge is -2.16. The van der Waals surface area contributed by atoms with Crippen LogP contribution in [0.5, 0.6) is 5.75 Å². The highest BCUT2D eigenvalue weighted by Gasteiger charge is 2.40. The van der Waals surface area contributed by atoms with E-state index in [4.69, 9.17) is 4.74 Å². The molecule has 4 rings (SSSR count). The second-order valence-electron chi connectivity index (χ2n) is 7.64. The van der Waals surface area contributed by atoms with Crippen molar-refractivity contribution in [3.8, 4) is 5.75 Å². The molecule has 1 aliphatic rings. The Balaban J connectivity index is 1.38. The van der Waals surface area contributed by atoms with Crippen molar-refractivity contribution in [1.82, 2.24) is 0 Å². The van der Waals surface area contributed by atoms with Crippen LogP contribution in [0.2, 0.25) is 0 Å². The summed E-state index contributed by atoms with van der Waals surface area (Å²) in [5.41, 5.74) is 0.953. The predicted octanol–water partition coefficient (Wildman–Crippen LogP) is 5.15. The lowest BCUT2D eigenvalue weighted by Crippen LogP contribution is -2.31. The first kappa shape index (κ1) is 24.3. The number of carbonyl (C=O) groups is 2. The van der Waals surface area contributed by atoms with E-state index in [9.17, 15) is 18.0 Å². The Bertz CT molecular complexity index is 1240. The number of sulfonamides is 1. The van der Waals surface area contributed by atoms with E-state index < -0.39 is 15.3 Å². The summed E-state index contributed by atoms with van der Waals surface area (Å²) in [5, 5.41) is 1.16. The summed E-state index contributed by atoms with van der Waals surface area (Å²) in [6.07, 6.45) is 2.11. The van der Waals surface area contributed by atoms with Crippen LogP contribution in [-0.4, -0.2) is 32.1 Å². The first-order chi connectivity index (χ1) is 16.4. The molecule has 3 aromatic rings. The first-order valence-corrected chi connectivity index (χ1v) is 14.0. The Labute approximate surface area is 207 Å². The van der Waals surface area contributed by atoms with Gasteiger partial charge in [0.2, 0.25) is 11.8 Å². The maximum Gasteiger partial charge on any atom is 0.271 e. The van der Waals surface area contributed by atoms with Crippen molar-refractivity contribution in [2.24, 2.45) is 0 Å². The molecule has 2 aromatic carbocycles. The third-order valence-electron chi connectivity index (χ3n) is 5.11. The molecule has 0 spiro atoms. The van der Waals surface area contributed by atoms with Crippen LogP contribution in [-0.2, 0) is 19.6 Å². The molecule has 178 valence electrons. The highest BCUT2D eigenvalue weighted by Crippen LogP contribution is 2.35. The van der Waals surface area contributed by atoms with E-state index >= 15 is 0 Å². The lowest BCUT2D eigenvalue weighted by molar-refractivity contribution is -0.121. The van der Waals surface area contributed by atoms with Crippen molar-refractivity contribution < 1.29 is 22.7 Å². The molecule has 34 heavy (non-hydrogen) atoms. The zero-order valence-corrected chi connectivity index (χ0v) is 20.9. The average Bonchev–Trinajstić information content (AvgIpc) is 3.45. The van der Waals surface area contributed by atoms with Crippen LogP contribution in [0.4, 0.5) is 11.4 Å². The zero-order chi connectivity index (χ0) is 24.1. The van der Waals surface area contributed by atoms with Gasteiger partial charge in [0.25, 0.3) is 10.0 Å². The van der Waals surface area contributed by atoms with Gasteiger partial charge >= 0.3 is 0 Å². The van der Waals surface area contributed by atoms with Crippen molar-refractivity contribution in [3.63, 3.8) is 0 Å². The van der Waals surface area contributed by atoms with E-state index in [1.54, 1.807) is 66.0 Å². The smallest absolute Gasteiger partial charge is 0.271 e. The summed E-state index contributed by atoms with van der Waals surface area (Å²) in [5.74, 6) is 0.191. The fourth-order valence-electron chi connectivity index (χ4n) is 3.38. The molecule has 1 aromatic heterocycles. The number of imide groups is 1. The monoisotopic (exact) mass is 516 g/mol. The summed E-state index contributed by atoms with van der Waals surface area (Å²) in [4.78, 5) is 27.5. The number of anilines is 2. The number of rotatable bonds is 10. The SMILES string of the molecule is CCCCOc1ccc(N2C(=O)CC(Sc3ccc(NS(=O)(=O)c4cccs4)cc3)C2=O)cc1. The molecule has 2 amide bonds. The van der Waals surface area contributed by atoms with Crippen molar-refractivity contribution in [2.45, 2.75) is 40.5 Å². The van der Waals surface area contributed by atoms with E-state index in [1.807, 2.05) is 0 Å². The molecule has 1 fully saturated rings. The standard InChI is InChI=1S/C24H24N2O5S3/c1-2-3-14-31-19-10-8-18(9-11-19)26-22(27)16-21(24(26)28)33-20-12-6-17(7-13-20)25-34(29,30)23-5-4-15-32-23/h4-13,15,21,25H,2-3,14,16H2,1H3. The molecular weight excluding hydrogens is 492 g/mol. The highest BCUT2D eigenvalue weighted by molar-refractivity contribution is 8.00. The van der Waals surface area contributed by atoms with Gasteiger partial charge < -0.3 is 4.74 Å². The van der Waals surface area contributed by atoms with Gasteiger partial charge in [0.1, 0.15) is 9.96 Å². The summed E-state index contributed by atoms with van der Waals surface area (Å²) in [6.45, 7) is 2.72. The van der Waals surface area contributed by atoms with Gasteiger partial charge in [-0.05, 0) is 66.4 Å². The van der Waals surface area contributed by atoms with Gasteiger partial charge in [-0.15, -0.1) is 23.1 Å². The van der Waals surface area contributed by atoms with E-state index in [1.165, 1.54) is 16.7 Å². The Morgan fingerprint density at radius 1 is 1.09 bits per heavy atom. The normalized spacial score (nSPS) is 16.1. The molecule has 7 nitrogen and oxygen atoms in total. The average molecular weight is 517 g/mol. The van der Waals surface area contributed by atoms with Gasteiger partial charge in [-0.3, -0.25) is 14.3 Å². The quantitative estimate of drug-likeness (QED) is 0.296. The topological polar surface area (TPSA) is 92.8 Å². The van der Waals surface area contributed by atoms with Crippen LogP contribution >= 0.6 is 23.1 Å². The fourth-order valence-corrected chi connectivity index (χ4v) is 6.49. The van der Waals surface area contributed by atoms with Crippen LogP contribution in [0, 0.1) is 0 Å². The summed E-state index contributed by atoms with van der Waals surface area (Å²) in [6, 6.07) is 16.9. The molecule has 0 bridgehead atoms. The van der Waals surface area contributed by atoms with Gasteiger partial charge in [0.15, 0.2) is 0 Å². The minimum atomic E-state index is -3.62. The molecule has 1 aliphatic heterocycles. The number of amides is 2. The molecule has 1 saturated heterocycles. The molecule has 0 aliphatic carbocycles. The minimum Gasteiger partial charge on any atom is -0.494 e. The molecule has 0 radical (unpaired) electrons. The van der Waals surface area contributed by atoms with Crippen molar-refractivity contribution in [1.29, 1.82) is 0 Å². The van der Waals surface area contributed by atoms with E-state index in [0.717, 1.165) is 29.1 Å². The molecule has 1 N–H and O–H groups in total. The number of hydrogen-bond donors (Lipinski definition) is 1. The van der Waals surface area contributed by atoms with Crippen LogP contribution in [0.1, 0.15) is 26.2 Å². The fraction of sp³-hybridized carbons (Fsp3) is 0.250. The van der Waals surface area contributed by atoms with Gasteiger partial charge in [-0.1, -0.05) is 19.4 Å². The van der Waals surface area contributed by atoms with Crippen LogP contribution in [0.15, 0.2) is 75.1 Å². The van der Waals surface area contributed by atoms with Crippen LogP contribution in [0.25, 0.3) is 0 Å². The van der Waals surface area contributed by atoms with Crippen molar-refractivity contribution >= 4 is 56.3 Å².